The van der Waals surface area contributed by atoms with Crippen LogP contribution >= 0.6 is 15.9 Å². The van der Waals surface area contributed by atoms with Crippen LogP contribution in [-0.2, 0) is 19.6 Å². The van der Waals surface area contributed by atoms with Gasteiger partial charge in [0.1, 0.15) is 22.8 Å². The quantitative estimate of drug-likeness (QED) is 0.817. The molecule has 1 aliphatic rings. The summed E-state index contributed by atoms with van der Waals surface area (Å²) >= 11 is 3.29. The van der Waals surface area contributed by atoms with Gasteiger partial charge in [-0.05, 0) is 40.9 Å². The molecular formula is C12H13BrN4O. The number of halogens is 1. The van der Waals surface area contributed by atoms with Gasteiger partial charge in [0, 0.05) is 13.0 Å². The van der Waals surface area contributed by atoms with Gasteiger partial charge in [0.25, 0.3) is 0 Å². The Morgan fingerprint density at radius 2 is 2.22 bits per heavy atom. The van der Waals surface area contributed by atoms with E-state index in [-0.39, 0.29) is 0 Å². The fraction of sp³-hybridized carbons (Fsp3) is 0.417. The summed E-state index contributed by atoms with van der Waals surface area (Å²) < 4.78 is 8.63. The summed E-state index contributed by atoms with van der Waals surface area (Å²) in [5, 5.41) is 8.38. The summed E-state index contributed by atoms with van der Waals surface area (Å²) in [6.45, 7) is 1.44. The van der Waals surface area contributed by atoms with Crippen molar-refractivity contribution >= 4 is 15.9 Å². The van der Waals surface area contributed by atoms with Gasteiger partial charge in [-0.15, -0.1) is 10.2 Å². The Labute approximate surface area is 113 Å². The lowest BCUT2D eigenvalue weighted by Gasteiger charge is -2.14. The Morgan fingerprint density at radius 1 is 1.28 bits per heavy atom. The number of aromatic nitrogens is 4. The molecule has 0 fully saturated rings. The van der Waals surface area contributed by atoms with E-state index in [1.807, 2.05) is 12.1 Å². The zero-order valence-corrected chi connectivity index (χ0v) is 11.4. The molecule has 5 nitrogen and oxygen atoms in total. The lowest BCUT2D eigenvalue weighted by molar-refractivity contribution is 0.285. The first-order chi connectivity index (χ1) is 8.83. The van der Waals surface area contributed by atoms with Gasteiger partial charge < -0.3 is 9.30 Å². The number of nitrogens with zero attached hydrogens (tertiary/aromatic N) is 4. The molecule has 0 spiro atoms. The van der Waals surface area contributed by atoms with Crippen LogP contribution in [0.2, 0.25) is 0 Å². The van der Waals surface area contributed by atoms with Gasteiger partial charge in [-0.1, -0.05) is 0 Å². The average molecular weight is 309 g/mol. The highest BCUT2D eigenvalue weighted by Crippen LogP contribution is 2.17. The van der Waals surface area contributed by atoms with Crippen molar-refractivity contribution in [1.29, 1.82) is 0 Å². The molecule has 0 saturated carbocycles. The van der Waals surface area contributed by atoms with Crippen molar-refractivity contribution in [3.8, 4) is 5.75 Å². The van der Waals surface area contributed by atoms with E-state index >= 15 is 0 Å². The van der Waals surface area contributed by atoms with Gasteiger partial charge in [-0.25, -0.2) is 4.98 Å². The zero-order chi connectivity index (χ0) is 12.4. The highest BCUT2D eigenvalue weighted by molar-refractivity contribution is 9.10. The summed E-state index contributed by atoms with van der Waals surface area (Å²) in [7, 11) is 0. The van der Waals surface area contributed by atoms with E-state index in [0.717, 1.165) is 35.0 Å². The van der Waals surface area contributed by atoms with Crippen LogP contribution in [0.1, 0.15) is 24.5 Å². The lowest BCUT2D eigenvalue weighted by Crippen LogP contribution is -2.14. The number of aryl methyl sites for hydroxylation is 1. The molecule has 1 aliphatic heterocycles. The Hall–Kier alpha value is -1.43. The van der Waals surface area contributed by atoms with Crippen LogP contribution < -0.4 is 4.74 Å². The third-order valence-electron chi connectivity index (χ3n) is 3.00. The minimum atomic E-state index is 0.441. The van der Waals surface area contributed by atoms with Gasteiger partial charge >= 0.3 is 0 Å². The van der Waals surface area contributed by atoms with Crippen molar-refractivity contribution in [2.24, 2.45) is 0 Å². The minimum Gasteiger partial charge on any atom is -0.484 e. The SMILES string of the molecule is Brc1ccc(OCc2nnc3n2CCCC3)cn1. The molecular weight excluding hydrogens is 296 g/mol. The van der Waals surface area contributed by atoms with Crippen molar-refractivity contribution in [3.63, 3.8) is 0 Å². The first kappa shape index (κ1) is 11.6. The maximum Gasteiger partial charge on any atom is 0.171 e. The van der Waals surface area contributed by atoms with Crippen molar-refractivity contribution in [2.75, 3.05) is 0 Å². The molecule has 18 heavy (non-hydrogen) atoms. The van der Waals surface area contributed by atoms with Crippen LogP contribution in [-0.4, -0.2) is 19.7 Å². The molecule has 0 unspecified atom stereocenters. The van der Waals surface area contributed by atoms with Crippen LogP contribution in [0, 0.1) is 0 Å². The molecule has 0 N–H and O–H groups in total. The smallest absolute Gasteiger partial charge is 0.171 e. The van der Waals surface area contributed by atoms with Gasteiger partial charge in [-0.2, -0.15) is 0 Å². The molecule has 0 bridgehead atoms. The normalized spacial score (nSPS) is 14.3. The van der Waals surface area contributed by atoms with Crippen molar-refractivity contribution in [1.82, 2.24) is 19.7 Å². The van der Waals surface area contributed by atoms with Gasteiger partial charge in [-0.3, -0.25) is 0 Å². The van der Waals surface area contributed by atoms with E-state index < -0.39 is 0 Å². The highest BCUT2D eigenvalue weighted by atomic mass is 79.9. The minimum absolute atomic E-state index is 0.441. The molecule has 3 heterocycles. The predicted molar refractivity (Wildman–Crippen MR) is 69.2 cm³/mol. The maximum atomic E-state index is 5.66. The number of fused-ring (bicyclic) bond motifs is 1. The van der Waals surface area contributed by atoms with Crippen molar-refractivity contribution in [3.05, 3.63) is 34.6 Å². The third-order valence-corrected chi connectivity index (χ3v) is 3.47. The summed E-state index contributed by atoms with van der Waals surface area (Å²) in [6, 6.07) is 3.74. The average Bonchev–Trinajstić information content (AvgIpc) is 2.82. The number of hydrogen-bond acceptors (Lipinski definition) is 4. The van der Waals surface area contributed by atoms with Crippen LogP contribution in [0.25, 0.3) is 0 Å². The Kier molecular flexibility index (Phi) is 3.27. The van der Waals surface area contributed by atoms with Gasteiger partial charge in [0.2, 0.25) is 0 Å². The van der Waals surface area contributed by atoms with E-state index in [9.17, 15) is 0 Å². The largest absolute Gasteiger partial charge is 0.484 e. The molecule has 3 rings (SSSR count). The summed E-state index contributed by atoms with van der Waals surface area (Å²) in [6.07, 6.45) is 5.11. The van der Waals surface area contributed by atoms with E-state index in [0.29, 0.717) is 6.61 Å². The number of pyridine rings is 1. The fourth-order valence-corrected chi connectivity index (χ4v) is 2.31. The second-order valence-corrected chi connectivity index (χ2v) is 5.06. The lowest BCUT2D eigenvalue weighted by atomic mass is 10.2. The van der Waals surface area contributed by atoms with Crippen LogP contribution in [0.15, 0.2) is 22.9 Å². The Morgan fingerprint density at radius 3 is 3.06 bits per heavy atom. The van der Waals surface area contributed by atoms with Crippen molar-refractivity contribution in [2.45, 2.75) is 32.4 Å². The third kappa shape index (κ3) is 2.38. The Balaban J connectivity index is 1.70. The number of hydrogen-bond donors (Lipinski definition) is 0. The van der Waals surface area contributed by atoms with E-state index in [1.165, 1.54) is 12.8 Å². The summed E-state index contributed by atoms with van der Waals surface area (Å²) in [5.74, 6) is 2.72. The van der Waals surface area contributed by atoms with E-state index in [4.69, 9.17) is 4.74 Å². The standard InChI is InChI=1S/C12H13BrN4O/c13-10-5-4-9(7-14-10)18-8-12-16-15-11-3-1-2-6-17(11)12/h4-5,7H,1-3,6,8H2. The summed E-state index contributed by atoms with van der Waals surface area (Å²) in [5.41, 5.74) is 0. The number of rotatable bonds is 3. The molecule has 0 aromatic carbocycles. The molecule has 2 aromatic heterocycles. The topological polar surface area (TPSA) is 52.8 Å². The monoisotopic (exact) mass is 308 g/mol. The van der Waals surface area contributed by atoms with Crippen LogP contribution in [0.4, 0.5) is 0 Å². The number of ether oxygens (including phenoxy) is 1. The highest BCUT2D eigenvalue weighted by Gasteiger charge is 2.15. The van der Waals surface area contributed by atoms with E-state index in [2.05, 4.69) is 35.7 Å². The first-order valence-corrected chi connectivity index (χ1v) is 6.77. The van der Waals surface area contributed by atoms with Crippen molar-refractivity contribution < 1.29 is 4.74 Å². The molecule has 94 valence electrons. The molecule has 6 heteroatoms. The Bertz CT molecular complexity index is 538. The second kappa shape index (κ2) is 5.06. The molecule has 0 atom stereocenters. The molecule has 0 aliphatic carbocycles. The van der Waals surface area contributed by atoms with Crippen LogP contribution in [0.5, 0.6) is 5.75 Å². The molecule has 0 amide bonds. The summed E-state index contributed by atoms with van der Waals surface area (Å²) in [4.78, 5) is 4.12. The van der Waals surface area contributed by atoms with E-state index in [1.54, 1.807) is 6.20 Å². The van der Waals surface area contributed by atoms with Crippen LogP contribution in [0.3, 0.4) is 0 Å². The second-order valence-electron chi connectivity index (χ2n) is 4.25. The predicted octanol–water partition coefficient (Wildman–Crippen LogP) is 2.35. The fourth-order valence-electron chi connectivity index (χ4n) is 2.07. The maximum absolute atomic E-state index is 5.66. The first-order valence-electron chi connectivity index (χ1n) is 5.98. The molecule has 0 radical (unpaired) electrons. The van der Waals surface area contributed by atoms with Gasteiger partial charge in [0.15, 0.2) is 5.82 Å². The zero-order valence-electron chi connectivity index (χ0n) is 9.84. The molecule has 2 aromatic rings. The van der Waals surface area contributed by atoms with Gasteiger partial charge in [0.05, 0.1) is 6.20 Å². The molecule has 0 saturated heterocycles.